The van der Waals surface area contributed by atoms with E-state index in [9.17, 15) is 0 Å². The predicted molar refractivity (Wildman–Crippen MR) is 65.4 cm³/mol. The van der Waals surface area contributed by atoms with E-state index in [-0.39, 0.29) is 18.3 Å². The van der Waals surface area contributed by atoms with Gasteiger partial charge in [-0.2, -0.15) is 0 Å². The van der Waals surface area contributed by atoms with Crippen LogP contribution >= 0.6 is 0 Å². The molecular formula is C13H23BO2. The van der Waals surface area contributed by atoms with Crippen molar-refractivity contribution in [3.63, 3.8) is 0 Å². The molecule has 3 aliphatic rings. The molecule has 0 N–H and O–H groups in total. The first-order valence-corrected chi connectivity index (χ1v) is 6.69. The summed E-state index contributed by atoms with van der Waals surface area (Å²) < 4.78 is 12.2. The highest BCUT2D eigenvalue weighted by Gasteiger charge is 2.60. The topological polar surface area (TPSA) is 18.5 Å². The van der Waals surface area contributed by atoms with E-state index in [0.29, 0.717) is 11.2 Å². The molecule has 0 radical (unpaired) electrons. The largest absolute Gasteiger partial charge is 0.461 e. The van der Waals surface area contributed by atoms with Crippen LogP contribution in [0, 0.1) is 5.41 Å². The normalized spacial score (nSPS) is 34.9. The van der Waals surface area contributed by atoms with Gasteiger partial charge in [-0.1, -0.05) is 6.42 Å². The summed E-state index contributed by atoms with van der Waals surface area (Å²) in [4.78, 5) is 0. The number of hydrogen-bond donors (Lipinski definition) is 0. The number of hydrogen-bond acceptors (Lipinski definition) is 2. The first-order chi connectivity index (χ1) is 7.34. The summed E-state index contributed by atoms with van der Waals surface area (Å²) >= 11 is 0. The van der Waals surface area contributed by atoms with Gasteiger partial charge in [0.2, 0.25) is 0 Å². The maximum atomic E-state index is 6.11. The lowest BCUT2D eigenvalue weighted by molar-refractivity contribution is 0.00578. The maximum absolute atomic E-state index is 6.11. The zero-order valence-electron chi connectivity index (χ0n) is 11.0. The minimum atomic E-state index is -0.153. The molecule has 0 aromatic rings. The third-order valence-electron chi connectivity index (χ3n) is 5.46. The van der Waals surface area contributed by atoms with Gasteiger partial charge in [0.1, 0.15) is 0 Å². The fourth-order valence-corrected chi connectivity index (χ4v) is 3.41. The Morgan fingerprint density at radius 3 is 1.81 bits per heavy atom. The standard InChI is InChI=1S/C13H23BO2/c1-11(2)12(3,4)16-14(15-11)10-8-13(9-10)6-5-7-13/h10H,5-9H2,1-4H3. The highest BCUT2D eigenvalue weighted by Crippen LogP contribution is 2.63. The molecule has 2 aliphatic carbocycles. The summed E-state index contributed by atoms with van der Waals surface area (Å²) in [6.45, 7) is 8.57. The minimum absolute atomic E-state index is 0.0521. The Hall–Kier alpha value is -0.0151. The molecule has 1 heterocycles. The smallest absolute Gasteiger partial charge is 0.403 e. The van der Waals surface area contributed by atoms with Crippen molar-refractivity contribution in [1.29, 1.82) is 0 Å². The molecule has 16 heavy (non-hydrogen) atoms. The van der Waals surface area contributed by atoms with Crippen molar-refractivity contribution < 1.29 is 9.31 Å². The summed E-state index contributed by atoms with van der Waals surface area (Å²) in [6, 6.07) is 0. The van der Waals surface area contributed by atoms with Crippen LogP contribution in [0.2, 0.25) is 5.82 Å². The quantitative estimate of drug-likeness (QED) is 0.633. The molecule has 1 saturated heterocycles. The van der Waals surface area contributed by atoms with Gasteiger partial charge in [-0.3, -0.25) is 0 Å². The Bertz CT molecular complexity index is 283. The van der Waals surface area contributed by atoms with E-state index in [2.05, 4.69) is 27.7 Å². The lowest BCUT2D eigenvalue weighted by atomic mass is 9.43. The van der Waals surface area contributed by atoms with Gasteiger partial charge < -0.3 is 9.31 Å². The van der Waals surface area contributed by atoms with E-state index in [4.69, 9.17) is 9.31 Å². The monoisotopic (exact) mass is 222 g/mol. The third kappa shape index (κ3) is 1.40. The molecule has 2 saturated carbocycles. The van der Waals surface area contributed by atoms with Crippen LogP contribution in [0.1, 0.15) is 59.8 Å². The Morgan fingerprint density at radius 2 is 1.44 bits per heavy atom. The lowest BCUT2D eigenvalue weighted by Gasteiger charge is -2.54. The van der Waals surface area contributed by atoms with Gasteiger partial charge in [-0.05, 0) is 64.6 Å². The molecule has 0 unspecified atom stereocenters. The molecule has 3 rings (SSSR count). The fraction of sp³-hybridized carbons (Fsp3) is 1.00. The van der Waals surface area contributed by atoms with Crippen LogP contribution in [0.15, 0.2) is 0 Å². The van der Waals surface area contributed by atoms with Crippen LogP contribution in [0.4, 0.5) is 0 Å². The van der Waals surface area contributed by atoms with E-state index in [1.807, 2.05) is 0 Å². The Balaban J connectivity index is 1.63. The molecule has 0 amide bonds. The van der Waals surface area contributed by atoms with Crippen LogP contribution in [0.3, 0.4) is 0 Å². The van der Waals surface area contributed by atoms with E-state index in [0.717, 1.165) is 0 Å². The second-order valence-corrected chi connectivity index (χ2v) is 7.15. The first-order valence-electron chi connectivity index (χ1n) is 6.69. The van der Waals surface area contributed by atoms with Gasteiger partial charge in [0.15, 0.2) is 0 Å². The Morgan fingerprint density at radius 1 is 0.938 bits per heavy atom. The first kappa shape index (κ1) is 11.1. The summed E-state index contributed by atoms with van der Waals surface area (Å²) in [5.41, 5.74) is 0.411. The maximum Gasteiger partial charge on any atom is 0.461 e. The van der Waals surface area contributed by atoms with Crippen LogP contribution < -0.4 is 0 Å². The fourth-order valence-electron chi connectivity index (χ4n) is 3.41. The summed E-state index contributed by atoms with van der Waals surface area (Å²) in [7, 11) is 0.0521. The predicted octanol–water partition coefficient (Wildman–Crippen LogP) is 3.41. The summed E-state index contributed by atoms with van der Waals surface area (Å²) in [5, 5.41) is 0. The molecule has 90 valence electrons. The van der Waals surface area contributed by atoms with Crippen molar-refractivity contribution >= 4 is 7.12 Å². The SMILES string of the molecule is CC1(C)OB(C2CC3(CCC3)C2)OC1(C)C. The van der Waals surface area contributed by atoms with Crippen LogP contribution in [0.5, 0.6) is 0 Å². The summed E-state index contributed by atoms with van der Waals surface area (Å²) in [6.07, 6.45) is 7.01. The van der Waals surface area contributed by atoms with Crippen molar-refractivity contribution in [1.82, 2.24) is 0 Å². The molecule has 0 aromatic carbocycles. The highest BCUT2D eigenvalue weighted by atomic mass is 16.7. The molecule has 3 heteroatoms. The Kier molecular flexibility index (Phi) is 2.12. The lowest BCUT2D eigenvalue weighted by Crippen LogP contribution is -2.46. The van der Waals surface area contributed by atoms with Crippen molar-refractivity contribution in [3.8, 4) is 0 Å². The molecule has 0 bridgehead atoms. The molecule has 3 fully saturated rings. The molecule has 1 spiro atoms. The molecule has 1 aliphatic heterocycles. The van der Waals surface area contributed by atoms with Gasteiger partial charge in [0.25, 0.3) is 0 Å². The zero-order valence-corrected chi connectivity index (χ0v) is 11.0. The zero-order chi connectivity index (χ0) is 11.6. The van der Waals surface area contributed by atoms with Crippen molar-refractivity contribution in [3.05, 3.63) is 0 Å². The second-order valence-electron chi connectivity index (χ2n) is 7.15. The van der Waals surface area contributed by atoms with E-state index >= 15 is 0 Å². The summed E-state index contributed by atoms with van der Waals surface area (Å²) in [5.74, 6) is 0.654. The third-order valence-corrected chi connectivity index (χ3v) is 5.46. The van der Waals surface area contributed by atoms with Gasteiger partial charge in [0, 0.05) is 0 Å². The van der Waals surface area contributed by atoms with E-state index in [1.165, 1.54) is 32.1 Å². The second kappa shape index (κ2) is 3.05. The van der Waals surface area contributed by atoms with Gasteiger partial charge in [-0.15, -0.1) is 0 Å². The highest BCUT2D eigenvalue weighted by molar-refractivity contribution is 6.47. The number of rotatable bonds is 1. The van der Waals surface area contributed by atoms with E-state index in [1.54, 1.807) is 0 Å². The Labute approximate surface area is 99.2 Å². The van der Waals surface area contributed by atoms with Crippen LogP contribution in [-0.4, -0.2) is 18.3 Å². The minimum Gasteiger partial charge on any atom is -0.403 e. The average molecular weight is 222 g/mol. The van der Waals surface area contributed by atoms with Crippen molar-refractivity contribution in [2.24, 2.45) is 5.41 Å². The van der Waals surface area contributed by atoms with Gasteiger partial charge >= 0.3 is 7.12 Å². The van der Waals surface area contributed by atoms with Gasteiger partial charge in [0.05, 0.1) is 11.2 Å². The molecule has 2 nitrogen and oxygen atoms in total. The molecular weight excluding hydrogens is 199 g/mol. The van der Waals surface area contributed by atoms with Crippen molar-refractivity contribution in [2.75, 3.05) is 0 Å². The molecule has 0 aromatic heterocycles. The van der Waals surface area contributed by atoms with Crippen LogP contribution in [-0.2, 0) is 9.31 Å². The van der Waals surface area contributed by atoms with E-state index < -0.39 is 0 Å². The van der Waals surface area contributed by atoms with Crippen LogP contribution in [0.25, 0.3) is 0 Å². The molecule has 0 atom stereocenters. The van der Waals surface area contributed by atoms with Gasteiger partial charge in [-0.25, -0.2) is 0 Å². The van der Waals surface area contributed by atoms with Crippen molar-refractivity contribution in [2.45, 2.75) is 76.8 Å². The average Bonchev–Trinajstić information content (AvgIpc) is 2.14.